The largest absolute Gasteiger partial charge is 0.332 e. The lowest BCUT2D eigenvalue weighted by Gasteiger charge is -2.21. The van der Waals surface area contributed by atoms with Crippen LogP contribution >= 0.6 is 0 Å². The third-order valence-corrected chi connectivity index (χ3v) is 6.66. The van der Waals surface area contributed by atoms with Gasteiger partial charge in [-0.15, -0.1) is 0 Å². The van der Waals surface area contributed by atoms with Crippen LogP contribution in [0.25, 0.3) is 0 Å². The first-order valence-electron chi connectivity index (χ1n) is 13.3. The van der Waals surface area contributed by atoms with Crippen molar-refractivity contribution in [2.24, 2.45) is 0 Å². The van der Waals surface area contributed by atoms with Crippen molar-refractivity contribution in [3.05, 3.63) is 18.2 Å². The predicted molar refractivity (Wildman–Crippen MR) is 130 cm³/mol. The maximum atomic E-state index is 4.79. The Kier molecular flexibility index (Phi) is 16.3. The monoisotopic (exact) mass is 404 g/mol. The van der Waals surface area contributed by atoms with Crippen molar-refractivity contribution < 1.29 is 0 Å². The molecule has 0 spiro atoms. The first kappa shape index (κ1) is 26.2. The van der Waals surface area contributed by atoms with Crippen LogP contribution in [0.15, 0.2) is 12.4 Å². The summed E-state index contributed by atoms with van der Waals surface area (Å²) < 4.78 is 2.49. The standard InChI is InChI=1S/C27H52N2/c1-5-8-10-12-13-14-15-16-18-19-21-25(4)29-24-23-28-27(29)26(7-3)22-20-17-11-9-6-2/h23-26H,5-22H2,1-4H3. The molecular weight excluding hydrogens is 352 g/mol. The molecule has 0 N–H and O–H groups in total. The fourth-order valence-corrected chi connectivity index (χ4v) is 4.59. The number of imidazole rings is 1. The van der Waals surface area contributed by atoms with Gasteiger partial charge >= 0.3 is 0 Å². The topological polar surface area (TPSA) is 17.8 Å². The zero-order chi connectivity index (χ0) is 21.2. The highest BCUT2D eigenvalue weighted by atomic mass is 15.1. The van der Waals surface area contributed by atoms with Crippen molar-refractivity contribution in [1.29, 1.82) is 0 Å². The molecule has 170 valence electrons. The lowest BCUT2D eigenvalue weighted by atomic mass is 9.96. The van der Waals surface area contributed by atoms with Crippen molar-refractivity contribution in [2.75, 3.05) is 0 Å². The average Bonchev–Trinajstić information content (AvgIpc) is 3.21. The highest BCUT2D eigenvalue weighted by Gasteiger charge is 2.17. The molecule has 0 fully saturated rings. The van der Waals surface area contributed by atoms with E-state index in [0.717, 1.165) is 0 Å². The maximum Gasteiger partial charge on any atom is 0.111 e. The molecule has 1 aromatic rings. The lowest BCUT2D eigenvalue weighted by Crippen LogP contribution is -2.12. The number of aromatic nitrogens is 2. The zero-order valence-electron chi connectivity index (χ0n) is 20.4. The third kappa shape index (κ3) is 11.8. The lowest BCUT2D eigenvalue weighted by molar-refractivity contribution is 0.425. The molecule has 0 radical (unpaired) electrons. The Morgan fingerprint density at radius 2 is 1.17 bits per heavy atom. The summed E-state index contributed by atoms with van der Waals surface area (Å²) in [7, 11) is 0. The van der Waals surface area contributed by atoms with Gasteiger partial charge in [-0.2, -0.15) is 0 Å². The summed E-state index contributed by atoms with van der Waals surface area (Å²) in [6.07, 6.45) is 29.1. The summed E-state index contributed by atoms with van der Waals surface area (Å²) in [6, 6.07) is 0.593. The molecule has 0 bridgehead atoms. The summed E-state index contributed by atoms with van der Waals surface area (Å²) in [4.78, 5) is 4.79. The molecule has 2 heteroatoms. The van der Waals surface area contributed by atoms with Gasteiger partial charge in [0, 0.05) is 24.4 Å². The Hall–Kier alpha value is -0.790. The van der Waals surface area contributed by atoms with Gasteiger partial charge in [-0.05, 0) is 26.2 Å². The van der Waals surface area contributed by atoms with Crippen LogP contribution in [0.4, 0.5) is 0 Å². The Morgan fingerprint density at radius 3 is 1.69 bits per heavy atom. The van der Waals surface area contributed by atoms with E-state index in [4.69, 9.17) is 4.98 Å². The summed E-state index contributed by atoms with van der Waals surface area (Å²) in [5.74, 6) is 1.99. The molecule has 2 unspecified atom stereocenters. The van der Waals surface area contributed by atoms with Crippen LogP contribution in [-0.2, 0) is 0 Å². The fourth-order valence-electron chi connectivity index (χ4n) is 4.59. The quantitative estimate of drug-likeness (QED) is 0.198. The number of rotatable bonds is 20. The van der Waals surface area contributed by atoms with Crippen LogP contribution in [0.5, 0.6) is 0 Å². The van der Waals surface area contributed by atoms with E-state index >= 15 is 0 Å². The minimum absolute atomic E-state index is 0.593. The molecule has 29 heavy (non-hydrogen) atoms. The van der Waals surface area contributed by atoms with Gasteiger partial charge in [0.1, 0.15) is 5.82 Å². The van der Waals surface area contributed by atoms with Crippen LogP contribution < -0.4 is 0 Å². The van der Waals surface area contributed by atoms with Crippen molar-refractivity contribution in [2.45, 2.75) is 155 Å². The van der Waals surface area contributed by atoms with Gasteiger partial charge < -0.3 is 4.57 Å². The van der Waals surface area contributed by atoms with E-state index < -0.39 is 0 Å². The van der Waals surface area contributed by atoms with Crippen LogP contribution in [0.2, 0.25) is 0 Å². The maximum absolute atomic E-state index is 4.79. The molecule has 1 heterocycles. The van der Waals surface area contributed by atoms with Gasteiger partial charge in [0.15, 0.2) is 0 Å². The summed E-state index contributed by atoms with van der Waals surface area (Å²) in [5, 5.41) is 0. The van der Waals surface area contributed by atoms with E-state index in [-0.39, 0.29) is 0 Å². The first-order chi connectivity index (χ1) is 14.2. The SMILES string of the molecule is CCCCCCCCCCCCC(C)n1ccnc1C(CC)CCCCCCC. The Bertz CT molecular complexity index is 465. The second-order valence-electron chi connectivity index (χ2n) is 9.32. The number of nitrogens with zero attached hydrogens (tertiary/aromatic N) is 2. The minimum Gasteiger partial charge on any atom is -0.332 e. The number of hydrogen-bond donors (Lipinski definition) is 0. The molecule has 1 aromatic heterocycles. The Morgan fingerprint density at radius 1 is 0.690 bits per heavy atom. The van der Waals surface area contributed by atoms with Crippen molar-refractivity contribution in [1.82, 2.24) is 9.55 Å². The number of unbranched alkanes of at least 4 members (excludes halogenated alkanes) is 13. The summed E-state index contributed by atoms with van der Waals surface area (Å²) in [5.41, 5.74) is 0. The van der Waals surface area contributed by atoms with Crippen molar-refractivity contribution >= 4 is 0 Å². The molecule has 2 atom stereocenters. The molecule has 0 aliphatic rings. The van der Waals surface area contributed by atoms with Crippen molar-refractivity contribution in [3.8, 4) is 0 Å². The van der Waals surface area contributed by atoms with Gasteiger partial charge in [-0.1, -0.05) is 117 Å². The van der Waals surface area contributed by atoms with E-state index in [1.807, 2.05) is 6.20 Å². The van der Waals surface area contributed by atoms with E-state index in [2.05, 4.69) is 38.5 Å². The van der Waals surface area contributed by atoms with Gasteiger partial charge in [0.2, 0.25) is 0 Å². The zero-order valence-corrected chi connectivity index (χ0v) is 20.4. The number of hydrogen-bond acceptors (Lipinski definition) is 1. The first-order valence-corrected chi connectivity index (χ1v) is 13.3. The smallest absolute Gasteiger partial charge is 0.111 e. The molecular formula is C27H52N2. The van der Waals surface area contributed by atoms with Gasteiger partial charge in [0.05, 0.1) is 0 Å². The molecule has 0 aromatic carbocycles. The summed E-state index contributed by atoms with van der Waals surface area (Å²) in [6.45, 7) is 9.32. The van der Waals surface area contributed by atoms with Crippen LogP contribution in [0.1, 0.15) is 161 Å². The average molecular weight is 405 g/mol. The van der Waals surface area contributed by atoms with Gasteiger partial charge in [0.25, 0.3) is 0 Å². The molecule has 0 aliphatic heterocycles. The highest BCUT2D eigenvalue weighted by molar-refractivity contribution is 5.02. The van der Waals surface area contributed by atoms with E-state index in [9.17, 15) is 0 Å². The molecule has 1 rings (SSSR count). The predicted octanol–water partition coefficient (Wildman–Crippen LogP) is 9.61. The second-order valence-corrected chi connectivity index (χ2v) is 9.32. The van der Waals surface area contributed by atoms with Gasteiger partial charge in [-0.3, -0.25) is 0 Å². The second kappa shape index (κ2) is 18.0. The van der Waals surface area contributed by atoms with E-state index in [1.54, 1.807) is 0 Å². The van der Waals surface area contributed by atoms with Crippen molar-refractivity contribution in [3.63, 3.8) is 0 Å². The Labute approximate surface area is 183 Å². The summed E-state index contributed by atoms with van der Waals surface area (Å²) >= 11 is 0. The van der Waals surface area contributed by atoms with Crippen LogP contribution in [0, 0.1) is 0 Å². The van der Waals surface area contributed by atoms with E-state index in [1.165, 1.54) is 121 Å². The normalized spacial score (nSPS) is 13.7. The van der Waals surface area contributed by atoms with Crippen LogP contribution in [0.3, 0.4) is 0 Å². The van der Waals surface area contributed by atoms with E-state index in [0.29, 0.717) is 12.0 Å². The molecule has 0 amide bonds. The highest BCUT2D eigenvalue weighted by Crippen LogP contribution is 2.28. The Balaban J connectivity index is 2.24. The molecule has 0 saturated carbocycles. The van der Waals surface area contributed by atoms with Gasteiger partial charge in [-0.25, -0.2) is 4.98 Å². The van der Waals surface area contributed by atoms with Crippen LogP contribution in [-0.4, -0.2) is 9.55 Å². The minimum atomic E-state index is 0.593. The fraction of sp³-hybridized carbons (Fsp3) is 0.889. The molecule has 2 nitrogen and oxygen atoms in total. The third-order valence-electron chi connectivity index (χ3n) is 6.66. The molecule has 0 aliphatic carbocycles. The molecule has 0 saturated heterocycles.